The predicted octanol–water partition coefficient (Wildman–Crippen LogP) is 4.62. The van der Waals surface area contributed by atoms with Gasteiger partial charge in [0.1, 0.15) is 12.3 Å². The van der Waals surface area contributed by atoms with E-state index in [0.717, 1.165) is 11.1 Å². The first-order valence-electron chi connectivity index (χ1n) is 12.3. The normalized spacial score (nSPS) is 12.4. The topological polar surface area (TPSA) is 81.5 Å². The van der Waals surface area contributed by atoms with Crippen molar-refractivity contribution in [3.63, 3.8) is 0 Å². The molecule has 2 amide bonds. The number of fused-ring (bicyclic) bond motifs is 1. The van der Waals surface area contributed by atoms with Gasteiger partial charge in [0.05, 0.1) is 19.4 Å². The summed E-state index contributed by atoms with van der Waals surface area (Å²) in [6, 6.07) is 16.8. The number of hydrogen-bond donors (Lipinski definition) is 0. The van der Waals surface area contributed by atoms with Crippen LogP contribution in [0.1, 0.15) is 48.0 Å². The van der Waals surface area contributed by atoms with E-state index in [2.05, 4.69) is 20.8 Å². The number of carbonyl (C=O) groups is 2. The van der Waals surface area contributed by atoms with Crippen molar-refractivity contribution < 1.29 is 28.2 Å². The third kappa shape index (κ3) is 6.71. The van der Waals surface area contributed by atoms with Crippen LogP contribution >= 0.6 is 0 Å². The molecule has 0 unspecified atom stereocenters. The van der Waals surface area contributed by atoms with Crippen molar-refractivity contribution in [2.24, 2.45) is 0 Å². The summed E-state index contributed by atoms with van der Waals surface area (Å²) < 4.78 is 21.6. The molecule has 37 heavy (non-hydrogen) atoms. The quantitative estimate of drug-likeness (QED) is 0.399. The molecule has 0 aliphatic carbocycles. The molecule has 0 N–H and O–H groups in total. The summed E-state index contributed by atoms with van der Waals surface area (Å²) in [7, 11) is 1.57. The van der Waals surface area contributed by atoms with Crippen LogP contribution in [0.3, 0.4) is 0 Å². The molecule has 0 bridgehead atoms. The van der Waals surface area contributed by atoms with E-state index < -0.39 is 0 Å². The van der Waals surface area contributed by atoms with E-state index in [9.17, 15) is 9.59 Å². The maximum Gasteiger partial charge on any atom is 0.254 e. The molecule has 8 nitrogen and oxygen atoms in total. The molecule has 4 rings (SSSR count). The van der Waals surface area contributed by atoms with Gasteiger partial charge in [-0.15, -0.1) is 0 Å². The Bertz CT molecular complexity index is 1200. The highest BCUT2D eigenvalue weighted by Gasteiger charge is 2.25. The van der Waals surface area contributed by atoms with Crippen LogP contribution in [0.25, 0.3) is 0 Å². The molecule has 0 atom stereocenters. The van der Waals surface area contributed by atoms with Gasteiger partial charge in [-0.3, -0.25) is 9.59 Å². The molecule has 1 aliphatic heterocycles. The van der Waals surface area contributed by atoms with Gasteiger partial charge in [-0.2, -0.15) is 0 Å². The third-order valence-corrected chi connectivity index (χ3v) is 6.27. The monoisotopic (exact) mass is 506 g/mol. The van der Waals surface area contributed by atoms with Gasteiger partial charge in [0, 0.05) is 25.8 Å². The maximum atomic E-state index is 13.6. The Morgan fingerprint density at radius 2 is 1.70 bits per heavy atom. The van der Waals surface area contributed by atoms with Gasteiger partial charge in [-0.05, 0) is 52.9 Å². The summed E-state index contributed by atoms with van der Waals surface area (Å²) in [6.07, 6.45) is 1.58. The highest BCUT2D eigenvalue weighted by atomic mass is 16.7. The van der Waals surface area contributed by atoms with Crippen molar-refractivity contribution in [3.05, 3.63) is 83.3 Å². The van der Waals surface area contributed by atoms with E-state index in [4.69, 9.17) is 18.6 Å². The molecular weight excluding hydrogens is 472 g/mol. The lowest BCUT2D eigenvalue weighted by Crippen LogP contribution is -2.43. The summed E-state index contributed by atoms with van der Waals surface area (Å²) in [5, 5.41) is 0. The number of rotatable bonds is 10. The second-order valence-corrected chi connectivity index (χ2v) is 10.1. The number of benzene rings is 2. The Hall–Kier alpha value is -3.78. The van der Waals surface area contributed by atoms with Crippen molar-refractivity contribution >= 4 is 11.8 Å². The molecule has 8 heteroatoms. The van der Waals surface area contributed by atoms with Crippen molar-refractivity contribution in [2.45, 2.75) is 39.3 Å². The summed E-state index contributed by atoms with van der Waals surface area (Å²) in [5.74, 6) is 1.57. The van der Waals surface area contributed by atoms with E-state index in [-0.39, 0.29) is 37.1 Å². The molecule has 2 aromatic carbocycles. The minimum atomic E-state index is -0.216. The SMILES string of the molecule is COCCN(CC(=O)N(Cc1ccc2c(c1)OCO2)Cc1ccco1)C(=O)c1ccc(C(C)(C)C)cc1. The fraction of sp³-hybridized carbons (Fsp3) is 0.379. The van der Waals surface area contributed by atoms with E-state index in [0.29, 0.717) is 42.5 Å². The predicted molar refractivity (Wildman–Crippen MR) is 138 cm³/mol. The molecule has 1 aromatic heterocycles. The molecule has 0 spiro atoms. The number of amides is 2. The fourth-order valence-corrected chi connectivity index (χ4v) is 4.10. The number of methoxy groups -OCH3 is 1. The molecule has 0 saturated carbocycles. The zero-order valence-corrected chi connectivity index (χ0v) is 21.9. The van der Waals surface area contributed by atoms with Gasteiger partial charge in [0.15, 0.2) is 11.5 Å². The van der Waals surface area contributed by atoms with Gasteiger partial charge < -0.3 is 28.4 Å². The Morgan fingerprint density at radius 1 is 0.946 bits per heavy atom. The second kappa shape index (κ2) is 11.5. The van der Waals surface area contributed by atoms with Gasteiger partial charge in [0.2, 0.25) is 12.7 Å². The van der Waals surface area contributed by atoms with Gasteiger partial charge in [-0.25, -0.2) is 0 Å². The van der Waals surface area contributed by atoms with Crippen LogP contribution in [-0.2, 0) is 28.0 Å². The Kier molecular flexibility index (Phi) is 8.18. The lowest BCUT2D eigenvalue weighted by atomic mass is 9.86. The van der Waals surface area contributed by atoms with Crippen molar-refractivity contribution in [2.75, 3.05) is 33.6 Å². The lowest BCUT2D eigenvalue weighted by molar-refractivity contribution is -0.133. The van der Waals surface area contributed by atoms with Gasteiger partial charge >= 0.3 is 0 Å². The Balaban J connectivity index is 1.53. The first-order chi connectivity index (χ1) is 17.7. The smallest absolute Gasteiger partial charge is 0.254 e. The number of furan rings is 1. The van der Waals surface area contributed by atoms with Crippen LogP contribution in [-0.4, -0.2) is 55.2 Å². The third-order valence-electron chi connectivity index (χ3n) is 6.27. The molecule has 0 fully saturated rings. The summed E-state index contributed by atoms with van der Waals surface area (Å²) in [5.41, 5.74) is 2.54. The number of ether oxygens (including phenoxy) is 3. The lowest BCUT2D eigenvalue weighted by Gasteiger charge is -2.27. The summed E-state index contributed by atoms with van der Waals surface area (Å²) in [6.45, 7) is 7.68. The van der Waals surface area contributed by atoms with Crippen LogP contribution in [0.15, 0.2) is 65.3 Å². The zero-order valence-electron chi connectivity index (χ0n) is 21.9. The number of nitrogens with zero attached hydrogens (tertiary/aromatic N) is 2. The van der Waals surface area contributed by atoms with Crippen LogP contribution in [0.5, 0.6) is 11.5 Å². The van der Waals surface area contributed by atoms with Crippen molar-refractivity contribution in [3.8, 4) is 11.5 Å². The molecular formula is C29H34N2O6. The maximum absolute atomic E-state index is 13.6. The first kappa shape index (κ1) is 26.3. The fourth-order valence-electron chi connectivity index (χ4n) is 4.10. The molecule has 0 radical (unpaired) electrons. The zero-order chi connectivity index (χ0) is 26.4. The summed E-state index contributed by atoms with van der Waals surface area (Å²) in [4.78, 5) is 30.2. The van der Waals surface area contributed by atoms with Crippen LogP contribution < -0.4 is 9.47 Å². The van der Waals surface area contributed by atoms with Crippen LogP contribution in [0.2, 0.25) is 0 Å². The molecule has 2 heterocycles. The average molecular weight is 507 g/mol. The van der Waals surface area contributed by atoms with Crippen LogP contribution in [0.4, 0.5) is 0 Å². The highest BCUT2D eigenvalue weighted by molar-refractivity contribution is 5.96. The van der Waals surface area contributed by atoms with Gasteiger partial charge in [0.25, 0.3) is 5.91 Å². The molecule has 1 aliphatic rings. The average Bonchev–Trinajstić information content (AvgIpc) is 3.57. The van der Waals surface area contributed by atoms with E-state index in [1.807, 2.05) is 48.5 Å². The van der Waals surface area contributed by atoms with Crippen LogP contribution in [0, 0.1) is 0 Å². The standard InChI is InChI=1S/C29H34N2O6/c1-29(2,3)23-10-8-22(9-11-23)28(33)30(13-15-34-4)19-27(32)31(18-24-6-5-14-35-24)17-21-7-12-25-26(16-21)37-20-36-25/h5-12,14,16H,13,15,17-20H2,1-4H3. The summed E-state index contributed by atoms with van der Waals surface area (Å²) >= 11 is 0. The Labute approximate surface area is 217 Å². The number of hydrogen-bond acceptors (Lipinski definition) is 6. The first-order valence-corrected chi connectivity index (χ1v) is 12.3. The number of carbonyl (C=O) groups excluding carboxylic acids is 2. The minimum absolute atomic E-state index is 0.0195. The van der Waals surface area contributed by atoms with E-state index in [1.165, 1.54) is 4.90 Å². The van der Waals surface area contributed by atoms with Crippen molar-refractivity contribution in [1.82, 2.24) is 9.80 Å². The Morgan fingerprint density at radius 3 is 2.38 bits per heavy atom. The minimum Gasteiger partial charge on any atom is -0.467 e. The second-order valence-electron chi connectivity index (χ2n) is 10.1. The van der Waals surface area contributed by atoms with Crippen molar-refractivity contribution in [1.29, 1.82) is 0 Å². The van der Waals surface area contributed by atoms with E-state index >= 15 is 0 Å². The highest BCUT2D eigenvalue weighted by Crippen LogP contribution is 2.33. The largest absolute Gasteiger partial charge is 0.467 e. The van der Waals surface area contributed by atoms with Gasteiger partial charge in [-0.1, -0.05) is 39.0 Å². The molecule has 3 aromatic rings. The van der Waals surface area contributed by atoms with E-state index in [1.54, 1.807) is 24.3 Å². The molecule has 196 valence electrons. The molecule has 0 saturated heterocycles.